The second-order valence-corrected chi connectivity index (χ2v) is 4.78. The van der Waals surface area contributed by atoms with E-state index in [1.165, 1.54) is 0 Å². The molecule has 1 aromatic carbocycles. The van der Waals surface area contributed by atoms with Crippen LogP contribution in [0.15, 0.2) is 42.6 Å². The first-order valence-electron chi connectivity index (χ1n) is 6.72. The zero-order valence-electron chi connectivity index (χ0n) is 11.4. The summed E-state index contributed by atoms with van der Waals surface area (Å²) in [6, 6.07) is 11.5. The Bertz CT molecular complexity index is 640. The highest BCUT2D eigenvalue weighted by Gasteiger charge is 2.18. The van der Waals surface area contributed by atoms with Gasteiger partial charge >= 0.3 is 0 Å². The standard InChI is InChI=1S/C16H16N2O2/c1-12(19)13-7-8-17-16(11-13)18-9-4-10-20-15-6-3-2-5-14(15)18/h2-3,5-8,11H,4,9-10H2,1H3. The van der Waals surface area contributed by atoms with Crippen LogP contribution in [-0.4, -0.2) is 23.9 Å². The van der Waals surface area contributed by atoms with Crippen LogP contribution < -0.4 is 9.64 Å². The number of ether oxygens (including phenoxy) is 1. The molecule has 0 aliphatic carbocycles. The molecule has 1 aromatic heterocycles. The number of Topliss-reactive ketones (excluding diaryl/α,β-unsaturated/α-hetero) is 1. The molecule has 102 valence electrons. The molecule has 0 N–H and O–H groups in total. The number of rotatable bonds is 2. The summed E-state index contributed by atoms with van der Waals surface area (Å²) in [7, 11) is 0. The maximum atomic E-state index is 11.5. The van der Waals surface area contributed by atoms with Crippen LogP contribution in [-0.2, 0) is 0 Å². The fourth-order valence-corrected chi connectivity index (χ4v) is 2.35. The van der Waals surface area contributed by atoms with Gasteiger partial charge in [0.15, 0.2) is 5.78 Å². The number of carbonyl (C=O) groups excluding carboxylic acids is 1. The van der Waals surface area contributed by atoms with Crippen molar-refractivity contribution >= 4 is 17.3 Å². The van der Waals surface area contributed by atoms with Gasteiger partial charge in [0.05, 0.1) is 12.3 Å². The molecule has 0 radical (unpaired) electrons. The molecule has 1 aliphatic heterocycles. The minimum atomic E-state index is 0.0491. The van der Waals surface area contributed by atoms with E-state index >= 15 is 0 Å². The first kappa shape index (κ1) is 12.7. The Morgan fingerprint density at radius 1 is 1.30 bits per heavy atom. The molecule has 2 aromatic rings. The van der Waals surface area contributed by atoms with Gasteiger partial charge in [0.1, 0.15) is 11.6 Å². The van der Waals surface area contributed by atoms with Crippen molar-refractivity contribution in [2.75, 3.05) is 18.1 Å². The summed E-state index contributed by atoms with van der Waals surface area (Å²) in [6.45, 7) is 3.09. The minimum absolute atomic E-state index is 0.0491. The van der Waals surface area contributed by atoms with Crippen LogP contribution in [0.4, 0.5) is 11.5 Å². The van der Waals surface area contributed by atoms with E-state index in [0.29, 0.717) is 12.2 Å². The van der Waals surface area contributed by atoms with Gasteiger partial charge in [-0.25, -0.2) is 4.98 Å². The summed E-state index contributed by atoms with van der Waals surface area (Å²) >= 11 is 0. The maximum Gasteiger partial charge on any atom is 0.159 e. The largest absolute Gasteiger partial charge is 0.491 e. The number of pyridine rings is 1. The Kier molecular flexibility index (Phi) is 3.37. The summed E-state index contributed by atoms with van der Waals surface area (Å²) in [6.07, 6.45) is 2.60. The molecule has 20 heavy (non-hydrogen) atoms. The van der Waals surface area contributed by atoms with Gasteiger partial charge in [-0.05, 0) is 37.6 Å². The zero-order valence-corrected chi connectivity index (χ0v) is 11.4. The van der Waals surface area contributed by atoms with E-state index in [9.17, 15) is 4.79 Å². The Labute approximate surface area is 118 Å². The van der Waals surface area contributed by atoms with Crippen molar-refractivity contribution in [3.05, 3.63) is 48.2 Å². The van der Waals surface area contributed by atoms with E-state index in [0.717, 1.165) is 30.2 Å². The molecule has 0 fully saturated rings. The summed E-state index contributed by atoms with van der Waals surface area (Å²) < 4.78 is 5.74. The fourth-order valence-electron chi connectivity index (χ4n) is 2.35. The van der Waals surface area contributed by atoms with Crippen molar-refractivity contribution in [2.45, 2.75) is 13.3 Å². The quantitative estimate of drug-likeness (QED) is 0.784. The smallest absolute Gasteiger partial charge is 0.159 e. The van der Waals surface area contributed by atoms with Crippen molar-refractivity contribution in [2.24, 2.45) is 0 Å². The molecule has 0 atom stereocenters. The molecule has 0 amide bonds. The normalized spacial score (nSPS) is 14.2. The molecule has 0 unspecified atom stereocenters. The third-order valence-corrected chi connectivity index (χ3v) is 3.37. The highest BCUT2D eigenvalue weighted by Crippen LogP contribution is 2.34. The number of aromatic nitrogens is 1. The molecule has 4 heteroatoms. The lowest BCUT2D eigenvalue weighted by atomic mass is 10.2. The third kappa shape index (κ3) is 2.37. The summed E-state index contributed by atoms with van der Waals surface area (Å²) in [5, 5.41) is 0. The summed E-state index contributed by atoms with van der Waals surface area (Å²) in [4.78, 5) is 18.0. The maximum absolute atomic E-state index is 11.5. The lowest BCUT2D eigenvalue weighted by Crippen LogP contribution is -2.19. The van der Waals surface area contributed by atoms with Crippen molar-refractivity contribution in [1.29, 1.82) is 0 Å². The van der Waals surface area contributed by atoms with E-state index in [1.54, 1.807) is 19.2 Å². The van der Waals surface area contributed by atoms with Gasteiger partial charge in [0.2, 0.25) is 0 Å². The Morgan fingerprint density at radius 2 is 2.15 bits per heavy atom. The highest BCUT2D eigenvalue weighted by atomic mass is 16.5. The van der Waals surface area contributed by atoms with Gasteiger partial charge in [-0.15, -0.1) is 0 Å². The SMILES string of the molecule is CC(=O)c1ccnc(N2CCCOc3ccccc32)c1. The average molecular weight is 268 g/mol. The van der Waals surface area contributed by atoms with Gasteiger partial charge in [0, 0.05) is 18.3 Å². The number of anilines is 2. The van der Waals surface area contributed by atoms with E-state index in [2.05, 4.69) is 9.88 Å². The van der Waals surface area contributed by atoms with Gasteiger partial charge in [-0.2, -0.15) is 0 Å². The Hall–Kier alpha value is -2.36. The fraction of sp³-hybridized carbons (Fsp3) is 0.250. The predicted molar refractivity (Wildman–Crippen MR) is 77.8 cm³/mol. The number of fused-ring (bicyclic) bond motifs is 1. The number of hydrogen-bond acceptors (Lipinski definition) is 4. The van der Waals surface area contributed by atoms with Gasteiger partial charge in [-0.3, -0.25) is 4.79 Å². The number of carbonyl (C=O) groups is 1. The van der Waals surface area contributed by atoms with Crippen molar-refractivity contribution in [1.82, 2.24) is 4.98 Å². The number of benzene rings is 1. The van der Waals surface area contributed by atoms with Crippen molar-refractivity contribution in [3.8, 4) is 5.75 Å². The monoisotopic (exact) mass is 268 g/mol. The second-order valence-electron chi connectivity index (χ2n) is 4.78. The van der Waals surface area contributed by atoms with Crippen molar-refractivity contribution in [3.63, 3.8) is 0 Å². The summed E-state index contributed by atoms with van der Waals surface area (Å²) in [5.41, 5.74) is 1.68. The highest BCUT2D eigenvalue weighted by molar-refractivity contribution is 5.94. The lowest BCUT2D eigenvalue weighted by Gasteiger charge is -2.22. The van der Waals surface area contributed by atoms with Crippen LogP contribution >= 0.6 is 0 Å². The average Bonchev–Trinajstić information content (AvgIpc) is 2.69. The molecule has 3 rings (SSSR count). The van der Waals surface area contributed by atoms with Crippen LogP contribution in [0.25, 0.3) is 0 Å². The van der Waals surface area contributed by atoms with E-state index in [-0.39, 0.29) is 5.78 Å². The number of hydrogen-bond donors (Lipinski definition) is 0. The van der Waals surface area contributed by atoms with E-state index in [1.807, 2.05) is 30.3 Å². The van der Waals surface area contributed by atoms with Crippen LogP contribution in [0.2, 0.25) is 0 Å². The van der Waals surface area contributed by atoms with Gasteiger partial charge in [-0.1, -0.05) is 12.1 Å². The molecular weight excluding hydrogens is 252 g/mol. The zero-order chi connectivity index (χ0) is 13.9. The molecule has 0 spiro atoms. The first-order chi connectivity index (χ1) is 9.75. The molecule has 0 saturated heterocycles. The molecule has 2 heterocycles. The molecule has 0 saturated carbocycles. The molecule has 0 bridgehead atoms. The van der Waals surface area contributed by atoms with Gasteiger partial charge in [0.25, 0.3) is 0 Å². The van der Waals surface area contributed by atoms with Crippen LogP contribution in [0, 0.1) is 0 Å². The van der Waals surface area contributed by atoms with Crippen LogP contribution in [0.3, 0.4) is 0 Å². The van der Waals surface area contributed by atoms with E-state index in [4.69, 9.17) is 4.74 Å². The lowest BCUT2D eigenvalue weighted by molar-refractivity contribution is 0.101. The topological polar surface area (TPSA) is 42.4 Å². The number of para-hydroxylation sites is 2. The number of ketones is 1. The first-order valence-corrected chi connectivity index (χ1v) is 6.72. The Balaban J connectivity index is 2.05. The van der Waals surface area contributed by atoms with Crippen molar-refractivity contribution < 1.29 is 9.53 Å². The molecule has 4 nitrogen and oxygen atoms in total. The summed E-state index contributed by atoms with van der Waals surface area (Å²) in [5.74, 6) is 1.70. The molecular formula is C16H16N2O2. The van der Waals surface area contributed by atoms with Crippen LogP contribution in [0.1, 0.15) is 23.7 Å². The molecule has 1 aliphatic rings. The minimum Gasteiger partial charge on any atom is -0.491 e. The third-order valence-electron chi connectivity index (χ3n) is 3.37. The second kappa shape index (κ2) is 5.33. The Morgan fingerprint density at radius 3 is 3.00 bits per heavy atom. The number of nitrogens with zero attached hydrogens (tertiary/aromatic N) is 2. The van der Waals surface area contributed by atoms with Crippen LogP contribution in [0.5, 0.6) is 5.75 Å². The van der Waals surface area contributed by atoms with Gasteiger partial charge < -0.3 is 9.64 Å². The van der Waals surface area contributed by atoms with E-state index < -0.39 is 0 Å². The predicted octanol–water partition coefficient (Wildman–Crippen LogP) is 3.20.